The van der Waals surface area contributed by atoms with Crippen LogP contribution in [0.25, 0.3) is 0 Å². The summed E-state index contributed by atoms with van der Waals surface area (Å²) < 4.78 is 27.8. The molecular weight excluding hydrogens is 246 g/mol. The molecule has 7 heteroatoms. The smallest absolute Gasteiger partial charge is 0.328 e. The molecule has 6 nitrogen and oxygen atoms in total. The molecule has 1 rings (SSSR count). The van der Waals surface area contributed by atoms with Gasteiger partial charge >= 0.3 is 5.97 Å². The Morgan fingerprint density at radius 2 is 2.00 bits per heavy atom. The molecule has 17 heavy (non-hydrogen) atoms. The number of ether oxygens (including phenoxy) is 1. The molecule has 0 aromatic rings. The van der Waals surface area contributed by atoms with E-state index in [2.05, 4.69) is 10.1 Å². The number of esters is 1. The second-order valence-corrected chi connectivity index (χ2v) is 6.41. The minimum Gasteiger partial charge on any atom is -0.467 e. The van der Waals surface area contributed by atoms with Gasteiger partial charge in [-0.1, -0.05) is 6.42 Å². The first kappa shape index (κ1) is 14.0. The zero-order valence-electron chi connectivity index (χ0n) is 9.93. The van der Waals surface area contributed by atoms with Crippen LogP contribution < -0.4 is 5.32 Å². The van der Waals surface area contributed by atoms with Crippen LogP contribution in [-0.4, -0.2) is 44.4 Å². The maximum atomic E-state index is 11.7. The van der Waals surface area contributed by atoms with E-state index in [0.29, 0.717) is 19.3 Å². The highest BCUT2D eigenvalue weighted by atomic mass is 32.2. The third-order valence-electron chi connectivity index (χ3n) is 2.78. The number of hydrogen-bond acceptors (Lipinski definition) is 5. The lowest BCUT2D eigenvalue weighted by Crippen LogP contribution is -2.48. The van der Waals surface area contributed by atoms with Crippen LogP contribution in [-0.2, 0) is 24.2 Å². The summed E-state index contributed by atoms with van der Waals surface area (Å²) in [6.07, 6.45) is 1.63. The van der Waals surface area contributed by atoms with Crippen LogP contribution in [0.1, 0.15) is 26.2 Å². The number of methoxy groups -OCH3 is 1. The second-order valence-electron chi connectivity index (χ2n) is 4.10. The molecule has 98 valence electrons. The van der Waals surface area contributed by atoms with E-state index in [0.717, 1.165) is 0 Å². The first-order valence-electron chi connectivity index (χ1n) is 5.48. The van der Waals surface area contributed by atoms with Gasteiger partial charge in [-0.15, -0.1) is 0 Å². The van der Waals surface area contributed by atoms with Crippen molar-refractivity contribution >= 4 is 21.7 Å². The first-order valence-corrected chi connectivity index (χ1v) is 7.20. The monoisotopic (exact) mass is 263 g/mol. The number of hydrogen-bond donors (Lipinski definition) is 1. The average Bonchev–Trinajstić information content (AvgIpc) is 2.26. The highest BCUT2D eigenvalue weighted by Gasteiger charge is 2.35. The van der Waals surface area contributed by atoms with Crippen molar-refractivity contribution in [2.45, 2.75) is 37.5 Å². The van der Waals surface area contributed by atoms with Gasteiger partial charge in [-0.3, -0.25) is 4.79 Å². The molecule has 0 aromatic carbocycles. The van der Waals surface area contributed by atoms with E-state index < -0.39 is 33.0 Å². The maximum absolute atomic E-state index is 11.7. The summed E-state index contributed by atoms with van der Waals surface area (Å²) in [5.74, 6) is -1.16. The lowest BCUT2D eigenvalue weighted by atomic mass is 10.1. The second kappa shape index (κ2) is 5.48. The van der Waals surface area contributed by atoms with E-state index >= 15 is 0 Å². The summed E-state index contributed by atoms with van der Waals surface area (Å²) in [6, 6.07) is -0.829. The van der Waals surface area contributed by atoms with Crippen molar-refractivity contribution < 1.29 is 22.7 Å². The van der Waals surface area contributed by atoms with Crippen LogP contribution in [0.3, 0.4) is 0 Å². The SMILES string of the molecule is COC(=O)C(C)NC(=O)C1CCCCS1(=O)=O. The number of sulfone groups is 1. The third kappa shape index (κ3) is 3.42. The highest BCUT2D eigenvalue weighted by Crippen LogP contribution is 2.19. The van der Waals surface area contributed by atoms with E-state index in [9.17, 15) is 18.0 Å². The van der Waals surface area contributed by atoms with E-state index in [1.807, 2.05) is 0 Å². The minimum atomic E-state index is -3.36. The van der Waals surface area contributed by atoms with Crippen LogP contribution in [0, 0.1) is 0 Å². The fourth-order valence-corrected chi connectivity index (χ4v) is 3.60. The van der Waals surface area contributed by atoms with Gasteiger partial charge in [0.15, 0.2) is 9.84 Å². The summed E-state index contributed by atoms with van der Waals surface area (Å²) in [4.78, 5) is 22.9. The predicted molar refractivity (Wildman–Crippen MR) is 61.0 cm³/mol. The zero-order chi connectivity index (χ0) is 13.1. The number of carbonyl (C=O) groups excluding carboxylic acids is 2. The Labute approximate surface area is 101 Å². The van der Waals surface area contributed by atoms with E-state index in [1.165, 1.54) is 14.0 Å². The van der Waals surface area contributed by atoms with E-state index in [1.54, 1.807) is 0 Å². The molecule has 1 saturated heterocycles. The molecule has 0 bridgehead atoms. The molecule has 1 aliphatic heterocycles. The van der Waals surface area contributed by atoms with Crippen LogP contribution in [0.2, 0.25) is 0 Å². The Hall–Kier alpha value is -1.11. The first-order chi connectivity index (χ1) is 7.88. The van der Waals surface area contributed by atoms with Crippen LogP contribution in [0.5, 0.6) is 0 Å². The molecule has 0 aromatic heterocycles. The Balaban J connectivity index is 2.67. The number of carbonyl (C=O) groups is 2. The Morgan fingerprint density at radius 3 is 2.53 bits per heavy atom. The molecule has 1 fully saturated rings. The highest BCUT2D eigenvalue weighted by molar-refractivity contribution is 7.92. The molecule has 0 radical (unpaired) electrons. The maximum Gasteiger partial charge on any atom is 0.328 e. The fourth-order valence-electron chi connectivity index (χ4n) is 1.79. The average molecular weight is 263 g/mol. The standard InChI is InChI=1S/C10H17NO5S/c1-7(10(13)16-2)11-9(12)8-5-3-4-6-17(8,14)15/h7-8H,3-6H2,1-2H3,(H,11,12). The van der Waals surface area contributed by atoms with Crippen molar-refractivity contribution in [2.24, 2.45) is 0 Å². The molecule has 2 atom stereocenters. The lowest BCUT2D eigenvalue weighted by molar-refractivity contribution is -0.144. The minimum absolute atomic E-state index is 0.0394. The molecule has 0 saturated carbocycles. The van der Waals surface area contributed by atoms with E-state index in [-0.39, 0.29) is 5.75 Å². The van der Waals surface area contributed by atoms with Crippen molar-refractivity contribution in [2.75, 3.05) is 12.9 Å². The van der Waals surface area contributed by atoms with Gasteiger partial charge in [0, 0.05) is 0 Å². The Kier molecular flexibility index (Phi) is 4.50. The summed E-state index contributed by atoms with van der Waals surface area (Å²) in [5.41, 5.74) is 0. The Bertz CT molecular complexity index is 403. The van der Waals surface area contributed by atoms with Gasteiger partial charge in [0.25, 0.3) is 0 Å². The molecule has 0 aliphatic carbocycles. The van der Waals surface area contributed by atoms with Gasteiger partial charge < -0.3 is 10.1 Å². The van der Waals surface area contributed by atoms with Crippen molar-refractivity contribution in [3.63, 3.8) is 0 Å². The van der Waals surface area contributed by atoms with Gasteiger partial charge in [-0.05, 0) is 19.8 Å². The molecule has 1 heterocycles. The summed E-state index contributed by atoms with van der Waals surface area (Å²) in [6.45, 7) is 1.46. The summed E-state index contributed by atoms with van der Waals surface area (Å²) in [7, 11) is -2.15. The van der Waals surface area contributed by atoms with Crippen molar-refractivity contribution in [1.82, 2.24) is 5.32 Å². The van der Waals surface area contributed by atoms with Crippen LogP contribution in [0.15, 0.2) is 0 Å². The number of rotatable bonds is 3. The lowest BCUT2D eigenvalue weighted by Gasteiger charge is -2.22. The van der Waals surface area contributed by atoms with Crippen molar-refractivity contribution in [3.05, 3.63) is 0 Å². The van der Waals surface area contributed by atoms with E-state index in [4.69, 9.17) is 0 Å². The predicted octanol–water partition coefficient (Wildman–Crippen LogP) is -0.369. The number of nitrogens with one attached hydrogen (secondary N) is 1. The molecular formula is C10H17NO5S. The fraction of sp³-hybridized carbons (Fsp3) is 0.800. The summed E-state index contributed by atoms with van der Waals surface area (Å²) >= 11 is 0. The van der Waals surface area contributed by atoms with Crippen molar-refractivity contribution in [1.29, 1.82) is 0 Å². The third-order valence-corrected chi connectivity index (χ3v) is 4.96. The van der Waals surface area contributed by atoms with Gasteiger partial charge in [0.05, 0.1) is 12.9 Å². The van der Waals surface area contributed by atoms with Gasteiger partial charge in [0.2, 0.25) is 5.91 Å². The van der Waals surface area contributed by atoms with Gasteiger partial charge in [-0.2, -0.15) is 0 Å². The van der Waals surface area contributed by atoms with Crippen LogP contribution >= 0.6 is 0 Å². The molecule has 1 aliphatic rings. The largest absolute Gasteiger partial charge is 0.467 e. The normalized spacial score (nSPS) is 24.7. The zero-order valence-corrected chi connectivity index (χ0v) is 10.7. The Morgan fingerprint density at radius 1 is 1.35 bits per heavy atom. The summed E-state index contributed by atoms with van der Waals surface area (Å²) in [5, 5.41) is 1.34. The molecule has 1 amide bonds. The molecule has 2 unspecified atom stereocenters. The molecule has 1 N–H and O–H groups in total. The van der Waals surface area contributed by atoms with Crippen LogP contribution in [0.4, 0.5) is 0 Å². The number of amides is 1. The molecule has 0 spiro atoms. The quantitative estimate of drug-likeness (QED) is 0.702. The van der Waals surface area contributed by atoms with Gasteiger partial charge in [0.1, 0.15) is 11.3 Å². The van der Waals surface area contributed by atoms with Gasteiger partial charge in [-0.25, -0.2) is 13.2 Å². The van der Waals surface area contributed by atoms with Crippen molar-refractivity contribution in [3.8, 4) is 0 Å². The topological polar surface area (TPSA) is 89.5 Å².